The van der Waals surface area contributed by atoms with Gasteiger partial charge in [0.15, 0.2) is 0 Å². The minimum atomic E-state index is 0.369. The first-order valence-corrected chi connectivity index (χ1v) is 6.26. The van der Waals surface area contributed by atoms with Crippen LogP contribution in [0.5, 0.6) is 0 Å². The molecule has 2 nitrogen and oxygen atoms in total. The van der Waals surface area contributed by atoms with Crippen LogP contribution in [0.15, 0.2) is 12.1 Å². The van der Waals surface area contributed by atoms with Gasteiger partial charge in [-0.3, -0.25) is 4.98 Å². The molecule has 0 aliphatic rings. The van der Waals surface area contributed by atoms with Gasteiger partial charge in [-0.1, -0.05) is 13.0 Å². The number of aryl methyl sites for hydroxylation is 2. The Labute approximate surface area is 105 Å². The van der Waals surface area contributed by atoms with Crippen LogP contribution < -0.4 is 5.32 Å². The van der Waals surface area contributed by atoms with E-state index >= 15 is 0 Å². The number of nitrogens with zero attached hydrogens (tertiary/aromatic N) is 1. The highest BCUT2D eigenvalue weighted by Crippen LogP contribution is 2.21. The lowest BCUT2D eigenvalue weighted by molar-refractivity contribution is 0.518. The van der Waals surface area contributed by atoms with Crippen LogP contribution >= 0.6 is 0 Å². The van der Waals surface area contributed by atoms with Crippen molar-refractivity contribution < 1.29 is 0 Å². The van der Waals surface area contributed by atoms with Gasteiger partial charge in [0.05, 0.1) is 0 Å². The largest absolute Gasteiger partial charge is 0.310 e. The third-order valence-electron chi connectivity index (χ3n) is 2.83. The van der Waals surface area contributed by atoms with Crippen molar-refractivity contribution in [2.45, 2.75) is 46.6 Å². The summed E-state index contributed by atoms with van der Waals surface area (Å²) in [5.74, 6) is 6.07. The van der Waals surface area contributed by atoms with Crippen LogP contribution in [0.4, 0.5) is 0 Å². The maximum absolute atomic E-state index is 4.53. The fourth-order valence-electron chi connectivity index (χ4n) is 2.02. The molecular weight excluding hydrogens is 208 g/mol. The van der Waals surface area contributed by atoms with Gasteiger partial charge in [0.2, 0.25) is 0 Å². The van der Waals surface area contributed by atoms with Gasteiger partial charge in [0, 0.05) is 23.9 Å². The predicted molar refractivity (Wildman–Crippen MR) is 72.8 cm³/mol. The van der Waals surface area contributed by atoms with Gasteiger partial charge in [-0.25, -0.2) is 0 Å². The van der Waals surface area contributed by atoms with Crippen LogP contribution in [0.2, 0.25) is 0 Å². The van der Waals surface area contributed by atoms with Crippen molar-refractivity contribution in [2.75, 3.05) is 6.54 Å². The summed E-state index contributed by atoms with van der Waals surface area (Å²) in [5, 5.41) is 3.51. The molecule has 1 unspecified atom stereocenters. The van der Waals surface area contributed by atoms with Crippen LogP contribution in [0.3, 0.4) is 0 Å². The Bertz CT molecular complexity index is 413. The summed E-state index contributed by atoms with van der Waals surface area (Å²) in [4.78, 5) is 4.53. The van der Waals surface area contributed by atoms with Crippen molar-refractivity contribution in [3.05, 3.63) is 29.1 Å². The zero-order chi connectivity index (χ0) is 12.7. The van der Waals surface area contributed by atoms with Gasteiger partial charge < -0.3 is 5.32 Å². The lowest BCUT2D eigenvalue weighted by atomic mass is 10.0. The van der Waals surface area contributed by atoms with E-state index in [0.717, 1.165) is 30.8 Å². The molecule has 0 amide bonds. The van der Waals surface area contributed by atoms with Gasteiger partial charge in [0.25, 0.3) is 0 Å². The molecule has 0 saturated heterocycles. The Morgan fingerprint density at radius 1 is 1.35 bits per heavy atom. The molecule has 2 heteroatoms. The highest BCUT2D eigenvalue weighted by molar-refractivity contribution is 5.25. The summed E-state index contributed by atoms with van der Waals surface area (Å²) in [6.07, 6.45) is 1.97. The summed E-state index contributed by atoms with van der Waals surface area (Å²) < 4.78 is 0. The molecule has 0 fully saturated rings. The molecule has 1 N–H and O–H groups in total. The van der Waals surface area contributed by atoms with Crippen LogP contribution in [0.25, 0.3) is 0 Å². The van der Waals surface area contributed by atoms with E-state index in [1.54, 1.807) is 0 Å². The second kappa shape index (κ2) is 7.09. The molecule has 17 heavy (non-hydrogen) atoms. The van der Waals surface area contributed by atoms with Gasteiger partial charge >= 0.3 is 0 Å². The summed E-state index contributed by atoms with van der Waals surface area (Å²) in [6.45, 7) is 9.10. The molecule has 1 heterocycles. The smallest absolute Gasteiger partial charge is 0.0423 e. The zero-order valence-corrected chi connectivity index (χ0v) is 11.3. The lowest BCUT2D eigenvalue weighted by Gasteiger charge is -2.19. The fourth-order valence-corrected chi connectivity index (χ4v) is 2.02. The molecule has 0 aliphatic heterocycles. The maximum atomic E-state index is 4.53. The number of hydrogen-bond acceptors (Lipinski definition) is 2. The molecule has 0 aromatic carbocycles. The Morgan fingerprint density at radius 3 is 2.71 bits per heavy atom. The second-order valence-electron chi connectivity index (χ2n) is 4.20. The third kappa shape index (κ3) is 4.20. The maximum Gasteiger partial charge on any atom is 0.0423 e. The van der Waals surface area contributed by atoms with E-state index in [4.69, 9.17) is 0 Å². The first kappa shape index (κ1) is 13.7. The SMILES string of the molecule is CC#CCCC(NCC)c1ccc(C)nc1C. The molecule has 1 aromatic rings. The monoisotopic (exact) mass is 230 g/mol. The van der Waals surface area contributed by atoms with E-state index in [1.165, 1.54) is 5.56 Å². The molecule has 0 aliphatic carbocycles. The van der Waals surface area contributed by atoms with E-state index in [0.29, 0.717) is 6.04 Å². The lowest BCUT2D eigenvalue weighted by Crippen LogP contribution is -2.22. The molecular formula is C15H22N2. The molecule has 0 spiro atoms. The second-order valence-corrected chi connectivity index (χ2v) is 4.20. The van der Waals surface area contributed by atoms with E-state index < -0.39 is 0 Å². The van der Waals surface area contributed by atoms with Gasteiger partial charge in [-0.15, -0.1) is 11.8 Å². The van der Waals surface area contributed by atoms with Crippen LogP contribution in [-0.2, 0) is 0 Å². The number of rotatable bonds is 5. The Hall–Kier alpha value is -1.33. The number of nitrogens with one attached hydrogen (secondary N) is 1. The average molecular weight is 230 g/mol. The van der Waals surface area contributed by atoms with Gasteiger partial charge in [-0.2, -0.15) is 0 Å². The quantitative estimate of drug-likeness (QED) is 0.786. The van der Waals surface area contributed by atoms with Crippen LogP contribution in [0, 0.1) is 25.7 Å². The number of pyridine rings is 1. The van der Waals surface area contributed by atoms with Crippen LogP contribution in [-0.4, -0.2) is 11.5 Å². The van der Waals surface area contributed by atoms with E-state index in [-0.39, 0.29) is 0 Å². The van der Waals surface area contributed by atoms with Crippen LogP contribution in [0.1, 0.15) is 49.7 Å². The molecule has 0 bridgehead atoms. The third-order valence-corrected chi connectivity index (χ3v) is 2.83. The molecule has 1 rings (SSSR count). The van der Waals surface area contributed by atoms with Crippen molar-refractivity contribution in [1.29, 1.82) is 0 Å². The van der Waals surface area contributed by atoms with Crippen molar-refractivity contribution in [3.8, 4) is 11.8 Å². The number of hydrogen-bond donors (Lipinski definition) is 1. The summed E-state index contributed by atoms with van der Waals surface area (Å²) in [6, 6.07) is 4.64. The molecule has 1 atom stereocenters. The number of aromatic nitrogens is 1. The minimum absolute atomic E-state index is 0.369. The highest BCUT2D eigenvalue weighted by atomic mass is 14.9. The topological polar surface area (TPSA) is 24.9 Å². The first-order valence-electron chi connectivity index (χ1n) is 6.26. The summed E-state index contributed by atoms with van der Waals surface area (Å²) in [7, 11) is 0. The van der Waals surface area contributed by atoms with E-state index in [9.17, 15) is 0 Å². The van der Waals surface area contributed by atoms with E-state index in [1.807, 2.05) is 13.8 Å². The van der Waals surface area contributed by atoms with E-state index in [2.05, 4.69) is 48.1 Å². The molecule has 0 radical (unpaired) electrons. The average Bonchev–Trinajstić information content (AvgIpc) is 2.28. The van der Waals surface area contributed by atoms with Crippen molar-refractivity contribution >= 4 is 0 Å². The zero-order valence-electron chi connectivity index (χ0n) is 11.3. The summed E-state index contributed by atoms with van der Waals surface area (Å²) >= 11 is 0. The molecule has 92 valence electrons. The Morgan fingerprint density at radius 2 is 2.12 bits per heavy atom. The van der Waals surface area contributed by atoms with Crippen molar-refractivity contribution in [1.82, 2.24) is 10.3 Å². The standard InChI is InChI=1S/C15H22N2/c1-5-7-8-9-15(16-6-2)14-11-10-12(3)17-13(14)4/h10-11,15-16H,6,8-9H2,1-4H3. The fraction of sp³-hybridized carbons (Fsp3) is 0.533. The summed E-state index contributed by atoms with van der Waals surface area (Å²) in [5.41, 5.74) is 3.51. The predicted octanol–water partition coefficient (Wildman–Crippen LogP) is 3.15. The molecule has 1 aromatic heterocycles. The van der Waals surface area contributed by atoms with Crippen molar-refractivity contribution in [3.63, 3.8) is 0 Å². The Kier molecular flexibility index (Phi) is 5.72. The van der Waals surface area contributed by atoms with Gasteiger partial charge in [0.1, 0.15) is 0 Å². The highest BCUT2D eigenvalue weighted by Gasteiger charge is 2.12. The van der Waals surface area contributed by atoms with Gasteiger partial charge in [-0.05, 0) is 45.4 Å². The minimum Gasteiger partial charge on any atom is -0.310 e. The Balaban J connectivity index is 2.83. The van der Waals surface area contributed by atoms with Crippen molar-refractivity contribution in [2.24, 2.45) is 0 Å². The first-order chi connectivity index (χ1) is 8.19. The normalized spacial score (nSPS) is 11.8. The molecule has 0 saturated carbocycles.